The van der Waals surface area contributed by atoms with Crippen LogP contribution in [0.2, 0.25) is 0 Å². The lowest BCUT2D eigenvalue weighted by atomic mass is 10.1. The summed E-state index contributed by atoms with van der Waals surface area (Å²) in [6.45, 7) is 4.66. The molecule has 19 heavy (non-hydrogen) atoms. The van der Waals surface area contributed by atoms with E-state index in [0.717, 1.165) is 0 Å². The first-order chi connectivity index (χ1) is 8.59. The van der Waals surface area contributed by atoms with E-state index >= 15 is 0 Å². The fourth-order valence-corrected chi connectivity index (χ4v) is 1.26. The number of halogens is 3. The lowest BCUT2D eigenvalue weighted by Gasteiger charge is -2.18. The second-order valence-corrected chi connectivity index (χ2v) is 4.80. The van der Waals surface area contributed by atoms with Crippen LogP contribution in [0.25, 0.3) is 0 Å². The van der Waals surface area contributed by atoms with E-state index in [1.54, 1.807) is 26.8 Å². The predicted molar refractivity (Wildman–Crippen MR) is 65.3 cm³/mol. The number of alkyl halides is 3. The Morgan fingerprint density at radius 1 is 1.11 bits per heavy atom. The minimum absolute atomic E-state index is 0.180. The number of ether oxygens (including phenoxy) is 1. The Labute approximate surface area is 109 Å². The topological polar surface area (TPSA) is 38.7 Å². The van der Waals surface area contributed by atoms with Gasteiger partial charge < -0.3 is 4.74 Å². The molecule has 104 valence electrons. The Morgan fingerprint density at radius 3 is 2.05 bits per heavy atom. The van der Waals surface area contributed by atoms with Gasteiger partial charge in [-0.15, -0.1) is 0 Å². The summed E-state index contributed by atoms with van der Waals surface area (Å²) in [5, 5.41) is 0. The van der Waals surface area contributed by atoms with Gasteiger partial charge in [0.1, 0.15) is 5.60 Å². The molecule has 1 amide bonds. The lowest BCUT2D eigenvalue weighted by molar-refractivity contribution is -0.0584. The van der Waals surface area contributed by atoms with E-state index in [-0.39, 0.29) is 5.56 Å². The van der Waals surface area contributed by atoms with E-state index in [1.807, 2.05) is 0 Å². The third-order valence-corrected chi connectivity index (χ3v) is 1.91. The minimum atomic E-state index is -4.72. The van der Waals surface area contributed by atoms with E-state index in [2.05, 4.69) is 4.99 Å². The van der Waals surface area contributed by atoms with E-state index in [0.29, 0.717) is 0 Å². The maximum absolute atomic E-state index is 12.9. The molecule has 0 N–H and O–H groups in total. The summed E-state index contributed by atoms with van der Waals surface area (Å²) in [4.78, 5) is 14.4. The molecule has 0 fully saturated rings. The summed E-state index contributed by atoms with van der Waals surface area (Å²) >= 11 is 0. The molecule has 6 heteroatoms. The fourth-order valence-electron chi connectivity index (χ4n) is 1.26. The first-order valence-corrected chi connectivity index (χ1v) is 5.54. The molecule has 1 rings (SSSR count). The standard InChI is InChI=1S/C13H14F3NO2/c1-12(2,3)19-11(18)17-10(13(14,15)16)9-7-5-4-6-8-9/h4-8H,1-3H3. The number of hydrogen-bond acceptors (Lipinski definition) is 2. The molecule has 0 bridgehead atoms. The van der Waals surface area contributed by atoms with Crippen molar-refractivity contribution in [2.24, 2.45) is 4.99 Å². The van der Waals surface area contributed by atoms with Crippen LogP contribution in [-0.2, 0) is 4.74 Å². The van der Waals surface area contributed by atoms with Gasteiger partial charge >= 0.3 is 12.3 Å². The summed E-state index contributed by atoms with van der Waals surface area (Å²) in [5.41, 5.74) is -2.34. The molecule has 0 atom stereocenters. The second kappa shape index (κ2) is 5.42. The molecule has 0 aliphatic carbocycles. The molecule has 0 aromatic heterocycles. The van der Waals surface area contributed by atoms with Crippen LogP contribution in [-0.4, -0.2) is 23.6 Å². The van der Waals surface area contributed by atoms with Crippen molar-refractivity contribution in [2.75, 3.05) is 0 Å². The normalized spacial score (nSPS) is 13.3. The van der Waals surface area contributed by atoms with Gasteiger partial charge in [-0.2, -0.15) is 18.2 Å². The van der Waals surface area contributed by atoms with Gasteiger partial charge in [0.25, 0.3) is 0 Å². The highest BCUT2D eigenvalue weighted by molar-refractivity contribution is 6.08. The molecular formula is C13H14F3NO2. The Bertz CT molecular complexity index is 473. The van der Waals surface area contributed by atoms with Crippen molar-refractivity contribution in [3.8, 4) is 0 Å². The van der Waals surface area contributed by atoms with Gasteiger partial charge in [0.15, 0.2) is 5.71 Å². The van der Waals surface area contributed by atoms with E-state index in [4.69, 9.17) is 4.74 Å². The average molecular weight is 273 g/mol. The molecule has 1 aromatic rings. The number of nitrogens with zero attached hydrogens (tertiary/aromatic N) is 1. The monoisotopic (exact) mass is 273 g/mol. The molecule has 0 aliphatic heterocycles. The van der Waals surface area contributed by atoms with E-state index < -0.39 is 23.6 Å². The third kappa shape index (κ3) is 5.11. The largest absolute Gasteiger partial charge is 0.442 e. The first-order valence-electron chi connectivity index (χ1n) is 5.54. The molecule has 0 spiro atoms. The van der Waals surface area contributed by atoms with Crippen LogP contribution in [0.15, 0.2) is 35.3 Å². The van der Waals surface area contributed by atoms with Crippen LogP contribution in [0.4, 0.5) is 18.0 Å². The van der Waals surface area contributed by atoms with Crippen LogP contribution in [0.3, 0.4) is 0 Å². The predicted octanol–water partition coefficient (Wildman–Crippen LogP) is 3.97. The number of aliphatic imine (C=N–C) groups is 1. The van der Waals surface area contributed by atoms with Crippen molar-refractivity contribution in [1.82, 2.24) is 0 Å². The highest BCUT2D eigenvalue weighted by Crippen LogP contribution is 2.23. The fraction of sp³-hybridized carbons (Fsp3) is 0.385. The summed E-state index contributed by atoms with van der Waals surface area (Å²) in [5.74, 6) is 0. The third-order valence-electron chi connectivity index (χ3n) is 1.91. The number of amides is 1. The van der Waals surface area contributed by atoms with Crippen molar-refractivity contribution in [3.05, 3.63) is 35.9 Å². The van der Waals surface area contributed by atoms with Gasteiger partial charge in [0.2, 0.25) is 0 Å². The highest BCUT2D eigenvalue weighted by atomic mass is 19.4. The molecule has 0 heterocycles. The summed E-state index contributed by atoms with van der Waals surface area (Å²) < 4.78 is 43.3. The molecule has 0 saturated heterocycles. The van der Waals surface area contributed by atoms with Crippen molar-refractivity contribution >= 4 is 11.8 Å². The molecule has 3 nitrogen and oxygen atoms in total. The van der Waals surface area contributed by atoms with Gasteiger partial charge in [0.05, 0.1) is 0 Å². The highest BCUT2D eigenvalue weighted by Gasteiger charge is 2.38. The molecule has 1 aromatic carbocycles. The molecule has 0 unspecified atom stereocenters. The first kappa shape index (κ1) is 15.2. The van der Waals surface area contributed by atoms with Crippen molar-refractivity contribution in [1.29, 1.82) is 0 Å². The smallest absolute Gasteiger partial charge is 0.434 e. The van der Waals surface area contributed by atoms with Crippen molar-refractivity contribution in [3.63, 3.8) is 0 Å². The summed E-state index contributed by atoms with van der Waals surface area (Å²) in [7, 11) is 0. The maximum atomic E-state index is 12.9. The zero-order chi connectivity index (χ0) is 14.7. The van der Waals surface area contributed by atoms with Crippen LogP contribution in [0.1, 0.15) is 26.3 Å². The van der Waals surface area contributed by atoms with Crippen LogP contribution in [0, 0.1) is 0 Å². The van der Waals surface area contributed by atoms with Crippen molar-refractivity contribution in [2.45, 2.75) is 32.5 Å². The lowest BCUT2D eigenvalue weighted by Crippen LogP contribution is -2.28. The number of carbonyl (C=O) groups is 1. The van der Waals surface area contributed by atoms with Crippen LogP contribution < -0.4 is 0 Å². The van der Waals surface area contributed by atoms with Gasteiger partial charge in [-0.05, 0) is 20.8 Å². The van der Waals surface area contributed by atoms with Gasteiger partial charge in [0, 0.05) is 5.56 Å². The second-order valence-electron chi connectivity index (χ2n) is 4.80. The minimum Gasteiger partial charge on any atom is -0.442 e. The molecule has 0 aliphatic rings. The SMILES string of the molecule is CC(C)(C)OC(=O)N=C(c1ccccc1)C(F)(F)F. The number of rotatable bonds is 1. The molecule has 0 radical (unpaired) electrons. The zero-order valence-electron chi connectivity index (χ0n) is 10.8. The van der Waals surface area contributed by atoms with E-state index in [9.17, 15) is 18.0 Å². The Balaban J connectivity index is 3.10. The Kier molecular flexibility index (Phi) is 4.34. The van der Waals surface area contributed by atoms with Crippen molar-refractivity contribution < 1.29 is 22.7 Å². The quantitative estimate of drug-likeness (QED) is 0.726. The average Bonchev–Trinajstić information content (AvgIpc) is 2.23. The molecule has 0 saturated carbocycles. The van der Waals surface area contributed by atoms with Gasteiger partial charge in [-0.1, -0.05) is 30.3 Å². The summed E-state index contributed by atoms with van der Waals surface area (Å²) in [6.07, 6.45) is -5.98. The van der Waals surface area contributed by atoms with Gasteiger partial charge in [-0.3, -0.25) is 0 Å². The van der Waals surface area contributed by atoms with E-state index in [1.165, 1.54) is 24.3 Å². The van der Waals surface area contributed by atoms with Crippen LogP contribution in [0.5, 0.6) is 0 Å². The maximum Gasteiger partial charge on any atom is 0.434 e. The number of benzene rings is 1. The Hall–Kier alpha value is -1.85. The zero-order valence-corrected chi connectivity index (χ0v) is 10.8. The van der Waals surface area contributed by atoms with Gasteiger partial charge in [-0.25, -0.2) is 4.79 Å². The Morgan fingerprint density at radius 2 is 1.63 bits per heavy atom. The summed E-state index contributed by atoms with van der Waals surface area (Å²) in [6, 6.07) is 6.91. The molecular weight excluding hydrogens is 259 g/mol. The number of carbonyl (C=O) groups excluding carboxylic acids is 1. The number of hydrogen-bond donors (Lipinski definition) is 0. The van der Waals surface area contributed by atoms with Crippen LogP contribution >= 0.6 is 0 Å².